The molecular weight excluding hydrogens is 370 g/mol. The van der Waals surface area contributed by atoms with Crippen LogP contribution in [0.25, 0.3) is 11.0 Å². The summed E-state index contributed by atoms with van der Waals surface area (Å²) in [5.74, 6) is -1.14. The van der Waals surface area contributed by atoms with E-state index in [2.05, 4.69) is 19.2 Å². The number of carbonyl (C=O) groups excluding carboxylic acids is 2. The molecule has 3 rings (SSSR count). The van der Waals surface area contributed by atoms with Crippen LogP contribution in [0.5, 0.6) is 0 Å². The quantitative estimate of drug-likeness (QED) is 0.616. The highest BCUT2D eigenvalue weighted by atomic mass is 16.5. The van der Waals surface area contributed by atoms with Gasteiger partial charge in [0.2, 0.25) is 5.76 Å². The van der Waals surface area contributed by atoms with E-state index in [1.54, 1.807) is 24.3 Å². The summed E-state index contributed by atoms with van der Waals surface area (Å²) in [6, 6.07) is 17.2. The summed E-state index contributed by atoms with van der Waals surface area (Å²) in [6.07, 6.45) is 0.753. The Morgan fingerprint density at radius 2 is 1.72 bits per heavy atom. The number of para-hydroxylation sites is 1. The van der Waals surface area contributed by atoms with E-state index in [0.29, 0.717) is 11.3 Å². The molecule has 3 aromatic rings. The number of benzene rings is 2. The highest BCUT2D eigenvalue weighted by Crippen LogP contribution is 2.21. The van der Waals surface area contributed by atoms with E-state index in [0.717, 1.165) is 18.1 Å². The third kappa shape index (κ3) is 5.31. The van der Waals surface area contributed by atoms with Crippen molar-refractivity contribution in [1.82, 2.24) is 5.32 Å². The molecule has 0 saturated heterocycles. The van der Waals surface area contributed by atoms with Crippen LogP contribution in [0.15, 0.2) is 69.9 Å². The summed E-state index contributed by atoms with van der Waals surface area (Å²) in [6.45, 7) is 3.69. The molecule has 29 heavy (non-hydrogen) atoms. The van der Waals surface area contributed by atoms with Crippen molar-refractivity contribution in [3.63, 3.8) is 0 Å². The van der Waals surface area contributed by atoms with E-state index in [4.69, 9.17) is 9.15 Å². The number of nitrogens with one attached hydrogen (secondary N) is 1. The van der Waals surface area contributed by atoms with E-state index in [1.165, 1.54) is 0 Å². The van der Waals surface area contributed by atoms with Crippen LogP contribution in [-0.2, 0) is 9.53 Å². The first kappa shape index (κ1) is 20.3. The molecule has 1 amide bonds. The maximum Gasteiger partial charge on any atom is 0.374 e. The number of amides is 1. The van der Waals surface area contributed by atoms with Gasteiger partial charge in [-0.2, -0.15) is 0 Å². The van der Waals surface area contributed by atoms with Crippen molar-refractivity contribution in [3.8, 4) is 0 Å². The van der Waals surface area contributed by atoms with E-state index in [1.807, 2.05) is 30.3 Å². The Morgan fingerprint density at radius 3 is 2.45 bits per heavy atom. The number of carbonyl (C=O) groups is 2. The summed E-state index contributed by atoms with van der Waals surface area (Å²) >= 11 is 0. The topological polar surface area (TPSA) is 85.6 Å². The first-order valence-electron chi connectivity index (χ1n) is 9.48. The van der Waals surface area contributed by atoms with Crippen LogP contribution < -0.4 is 10.7 Å². The minimum absolute atomic E-state index is 0.180. The summed E-state index contributed by atoms with van der Waals surface area (Å²) in [5, 5.41) is 3.28. The van der Waals surface area contributed by atoms with E-state index >= 15 is 0 Å². The van der Waals surface area contributed by atoms with Gasteiger partial charge in [0.15, 0.2) is 12.0 Å². The molecule has 0 bridgehead atoms. The van der Waals surface area contributed by atoms with Crippen LogP contribution in [0.1, 0.15) is 42.4 Å². The molecule has 6 heteroatoms. The van der Waals surface area contributed by atoms with Gasteiger partial charge < -0.3 is 14.5 Å². The highest BCUT2D eigenvalue weighted by Gasteiger charge is 2.19. The molecule has 1 atom stereocenters. The van der Waals surface area contributed by atoms with E-state index in [9.17, 15) is 14.4 Å². The maximum atomic E-state index is 12.3. The summed E-state index contributed by atoms with van der Waals surface area (Å²) in [4.78, 5) is 36.7. The van der Waals surface area contributed by atoms with Gasteiger partial charge in [-0.05, 0) is 30.0 Å². The monoisotopic (exact) mass is 393 g/mol. The molecule has 0 unspecified atom stereocenters. The molecule has 0 aliphatic heterocycles. The third-order valence-corrected chi connectivity index (χ3v) is 4.41. The highest BCUT2D eigenvalue weighted by molar-refractivity contribution is 5.90. The number of hydrogen-bond acceptors (Lipinski definition) is 5. The molecular formula is C23H23NO5. The van der Waals surface area contributed by atoms with Crippen LogP contribution in [0.3, 0.4) is 0 Å². The average Bonchev–Trinajstić information content (AvgIpc) is 2.72. The van der Waals surface area contributed by atoms with Crippen molar-refractivity contribution in [2.75, 3.05) is 6.61 Å². The van der Waals surface area contributed by atoms with Crippen LogP contribution >= 0.6 is 0 Å². The second-order valence-corrected chi connectivity index (χ2v) is 7.21. The Kier molecular flexibility index (Phi) is 6.44. The van der Waals surface area contributed by atoms with Gasteiger partial charge in [-0.25, -0.2) is 4.79 Å². The molecule has 150 valence electrons. The lowest BCUT2D eigenvalue weighted by Gasteiger charge is -2.21. The fourth-order valence-electron chi connectivity index (χ4n) is 3.08. The molecule has 0 fully saturated rings. The van der Waals surface area contributed by atoms with Gasteiger partial charge in [-0.15, -0.1) is 0 Å². The van der Waals surface area contributed by atoms with E-state index in [-0.39, 0.29) is 22.8 Å². The molecule has 1 aromatic heterocycles. The van der Waals surface area contributed by atoms with Crippen molar-refractivity contribution >= 4 is 22.8 Å². The fourth-order valence-corrected chi connectivity index (χ4v) is 3.08. The van der Waals surface area contributed by atoms with Gasteiger partial charge in [-0.3, -0.25) is 9.59 Å². The molecule has 6 nitrogen and oxygen atoms in total. The third-order valence-electron chi connectivity index (χ3n) is 4.41. The number of hydrogen-bond donors (Lipinski definition) is 1. The number of ether oxygens (including phenoxy) is 1. The van der Waals surface area contributed by atoms with Crippen LogP contribution in [-0.4, -0.2) is 18.5 Å². The number of rotatable bonds is 7. The van der Waals surface area contributed by atoms with Crippen LogP contribution in [0, 0.1) is 5.92 Å². The van der Waals surface area contributed by atoms with Gasteiger partial charge >= 0.3 is 5.97 Å². The van der Waals surface area contributed by atoms with Gasteiger partial charge in [0.05, 0.1) is 11.4 Å². The molecule has 1 heterocycles. The van der Waals surface area contributed by atoms with Crippen molar-refractivity contribution in [3.05, 3.63) is 82.2 Å². The second-order valence-electron chi connectivity index (χ2n) is 7.21. The zero-order chi connectivity index (χ0) is 20.8. The van der Waals surface area contributed by atoms with Gasteiger partial charge in [0.25, 0.3) is 5.91 Å². The Balaban J connectivity index is 1.65. The Labute approximate surface area is 168 Å². The molecule has 0 spiro atoms. The summed E-state index contributed by atoms with van der Waals surface area (Å²) in [7, 11) is 0. The minimum Gasteiger partial charge on any atom is -0.450 e. The largest absolute Gasteiger partial charge is 0.450 e. The molecule has 1 N–H and O–H groups in total. The molecule has 0 aliphatic rings. The van der Waals surface area contributed by atoms with Crippen molar-refractivity contribution in [2.24, 2.45) is 5.92 Å². The summed E-state index contributed by atoms with van der Waals surface area (Å²) in [5.41, 5.74) is 0.934. The first-order chi connectivity index (χ1) is 13.9. The molecule has 0 aliphatic carbocycles. The maximum absolute atomic E-state index is 12.3. The molecule has 0 radical (unpaired) electrons. The predicted molar refractivity (Wildman–Crippen MR) is 110 cm³/mol. The molecule has 0 saturated carbocycles. The summed E-state index contributed by atoms with van der Waals surface area (Å²) < 4.78 is 10.5. The Hall–Kier alpha value is -3.41. The van der Waals surface area contributed by atoms with Crippen molar-refractivity contribution in [1.29, 1.82) is 0 Å². The average molecular weight is 393 g/mol. The van der Waals surface area contributed by atoms with Crippen LogP contribution in [0.2, 0.25) is 0 Å². The Morgan fingerprint density at radius 1 is 1.03 bits per heavy atom. The second kappa shape index (κ2) is 9.19. The standard InChI is InChI=1S/C23H23NO5/c1-15(2)12-18(16-8-4-3-5-9-16)24-22(26)14-28-23(27)21-13-19(25)17-10-6-7-11-20(17)29-21/h3-11,13,15,18H,12,14H2,1-2H3,(H,24,26)/t18-/m1/s1. The minimum atomic E-state index is -0.858. The molecule has 2 aromatic carbocycles. The normalized spacial score (nSPS) is 12.0. The smallest absolute Gasteiger partial charge is 0.374 e. The lowest BCUT2D eigenvalue weighted by atomic mass is 9.97. The SMILES string of the molecule is CC(C)C[C@@H](NC(=O)COC(=O)c1cc(=O)c2ccccc2o1)c1ccccc1. The van der Waals surface area contributed by atoms with Crippen LogP contribution in [0.4, 0.5) is 0 Å². The van der Waals surface area contributed by atoms with Crippen molar-refractivity contribution in [2.45, 2.75) is 26.3 Å². The zero-order valence-electron chi connectivity index (χ0n) is 16.4. The van der Waals surface area contributed by atoms with Crippen molar-refractivity contribution < 1.29 is 18.7 Å². The van der Waals surface area contributed by atoms with Gasteiger partial charge in [0.1, 0.15) is 5.58 Å². The number of esters is 1. The zero-order valence-corrected chi connectivity index (χ0v) is 16.4. The fraction of sp³-hybridized carbons (Fsp3) is 0.261. The predicted octanol–water partition coefficient (Wildman–Crippen LogP) is 3.85. The lowest BCUT2D eigenvalue weighted by molar-refractivity contribution is -0.125. The lowest BCUT2D eigenvalue weighted by Crippen LogP contribution is -2.33. The van der Waals surface area contributed by atoms with Gasteiger partial charge in [0, 0.05) is 6.07 Å². The van der Waals surface area contributed by atoms with Gasteiger partial charge in [-0.1, -0.05) is 56.3 Å². The van der Waals surface area contributed by atoms with E-state index < -0.39 is 18.5 Å². The first-order valence-corrected chi connectivity index (χ1v) is 9.48. The Bertz CT molecular complexity index is 1060. The number of fused-ring (bicyclic) bond motifs is 1.